The molecule has 0 aliphatic carbocycles. The Morgan fingerprint density at radius 1 is 1.09 bits per heavy atom. The standard InChI is InChI=1S/C25H28FN7O/c1-15-5-8-17(9-6-15)31-24(34)33-21-13-16(7-10-19(21)26)18(14-30-25(2,3)4)22(27)20-11-12-29-23(28)32-20/h5-14H,27H2,1-4H3,(H2,28,29,32)(H2,31,33,34). The molecule has 0 aliphatic rings. The van der Waals surface area contributed by atoms with Crippen molar-refractivity contribution < 1.29 is 9.18 Å². The Labute approximate surface area is 198 Å². The van der Waals surface area contributed by atoms with Gasteiger partial charge in [0.05, 0.1) is 22.6 Å². The van der Waals surface area contributed by atoms with Gasteiger partial charge in [-0.2, -0.15) is 0 Å². The summed E-state index contributed by atoms with van der Waals surface area (Å²) >= 11 is 0. The lowest BCUT2D eigenvalue weighted by molar-refractivity contribution is 0.262. The molecule has 3 aromatic rings. The smallest absolute Gasteiger partial charge is 0.323 e. The van der Waals surface area contributed by atoms with Crippen molar-refractivity contribution in [2.24, 2.45) is 10.7 Å². The van der Waals surface area contributed by atoms with E-state index >= 15 is 0 Å². The Morgan fingerprint density at radius 3 is 2.44 bits per heavy atom. The van der Waals surface area contributed by atoms with Crippen molar-refractivity contribution >= 4 is 40.8 Å². The van der Waals surface area contributed by atoms with Gasteiger partial charge in [0, 0.05) is 23.7 Å². The molecule has 1 heterocycles. The summed E-state index contributed by atoms with van der Waals surface area (Å²) in [6.07, 6.45) is 3.10. The number of aryl methyl sites for hydroxylation is 1. The Balaban J connectivity index is 1.98. The largest absolute Gasteiger partial charge is 0.396 e. The van der Waals surface area contributed by atoms with Crippen LogP contribution in [0.4, 0.5) is 26.5 Å². The van der Waals surface area contributed by atoms with Gasteiger partial charge in [-0.3, -0.25) is 4.99 Å². The number of carbonyl (C=O) groups excluding carboxylic acids is 1. The van der Waals surface area contributed by atoms with E-state index in [1.807, 2.05) is 39.8 Å². The number of carbonyl (C=O) groups is 1. The third kappa shape index (κ3) is 6.61. The van der Waals surface area contributed by atoms with Crippen molar-refractivity contribution in [3.8, 4) is 0 Å². The SMILES string of the molecule is Cc1ccc(NC(=O)Nc2cc(C(C=NC(C)(C)C)=C(N)c3ccnc(N)n3)ccc2F)cc1. The summed E-state index contributed by atoms with van der Waals surface area (Å²) in [6, 6.07) is 12.6. The number of halogens is 1. The van der Waals surface area contributed by atoms with Crippen molar-refractivity contribution in [3.63, 3.8) is 0 Å². The Morgan fingerprint density at radius 2 is 1.79 bits per heavy atom. The lowest BCUT2D eigenvalue weighted by Crippen LogP contribution is -2.20. The molecule has 9 heteroatoms. The average molecular weight is 462 g/mol. The number of nitrogens with one attached hydrogen (secondary N) is 2. The Hall–Kier alpha value is -4.27. The highest BCUT2D eigenvalue weighted by atomic mass is 19.1. The van der Waals surface area contributed by atoms with E-state index in [1.165, 1.54) is 18.3 Å². The highest BCUT2D eigenvalue weighted by Gasteiger charge is 2.15. The normalized spacial score (nSPS) is 12.4. The van der Waals surface area contributed by atoms with Crippen molar-refractivity contribution in [2.75, 3.05) is 16.4 Å². The summed E-state index contributed by atoms with van der Waals surface area (Å²) in [6.45, 7) is 7.76. The van der Waals surface area contributed by atoms with Crippen LogP contribution in [0.25, 0.3) is 11.3 Å². The van der Waals surface area contributed by atoms with Gasteiger partial charge >= 0.3 is 6.03 Å². The fraction of sp³-hybridized carbons (Fsp3) is 0.200. The number of aromatic nitrogens is 2. The van der Waals surface area contributed by atoms with Crippen LogP contribution in [0.5, 0.6) is 0 Å². The van der Waals surface area contributed by atoms with Crippen LogP contribution in [0.3, 0.4) is 0 Å². The number of benzene rings is 2. The van der Waals surface area contributed by atoms with Gasteiger partial charge in [-0.15, -0.1) is 0 Å². The van der Waals surface area contributed by atoms with E-state index in [-0.39, 0.29) is 22.9 Å². The van der Waals surface area contributed by atoms with Crippen molar-refractivity contribution in [3.05, 3.63) is 77.4 Å². The molecule has 6 N–H and O–H groups in total. The number of aliphatic imine (C=N–C) groups is 1. The molecule has 2 aromatic carbocycles. The molecule has 0 aliphatic heterocycles. The lowest BCUT2D eigenvalue weighted by atomic mass is 10.0. The Kier molecular flexibility index (Phi) is 7.25. The molecule has 1 aromatic heterocycles. The van der Waals surface area contributed by atoms with Crippen LogP contribution in [0.1, 0.15) is 37.6 Å². The number of nitrogens with zero attached hydrogens (tertiary/aromatic N) is 3. The fourth-order valence-electron chi connectivity index (χ4n) is 2.93. The fourth-order valence-corrected chi connectivity index (χ4v) is 2.93. The topological polar surface area (TPSA) is 131 Å². The molecule has 0 saturated heterocycles. The first-order valence-electron chi connectivity index (χ1n) is 10.6. The molecule has 2 amide bonds. The van der Waals surface area contributed by atoms with E-state index < -0.39 is 11.8 Å². The molecule has 0 spiro atoms. The van der Waals surface area contributed by atoms with Gasteiger partial charge in [-0.1, -0.05) is 23.8 Å². The zero-order valence-corrected chi connectivity index (χ0v) is 19.6. The zero-order chi connectivity index (χ0) is 24.9. The molecular weight excluding hydrogens is 433 g/mol. The average Bonchev–Trinajstić information content (AvgIpc) is 2.76. The number of anilines is 3. The summed E-state index contributed by atoms with van der Waals surface area (Å²) in [5.74, 6) is -0.526. The van der Waals surface area contributed by atoms with E-state index in [0.717, 1.165) is 5.56 Å². The predicted molar refractivity (Wildman–Crippen MR) is 136 cm³/mol. The van der Waals surface area contributed by atoms with Gasteiger partial charge in [-0.05, 0) is 63.6 Å². The van der Waals surface area contributed by atoms with E-state index in [9.17, 15) is 9.18 Å². The van der Waals surface area contributed by atoms with E-state index in [0.29, 0.717) is 22.5 Å². The van der Waals surface area contributed by atoms with E-state index in [2.05, 4.69) is 25.6 Å². The van der Waals surface area contributed by atoms with Gasteiger partial charge < -0.3 is 22.1 Å². The molecule has 0 saturated carbocycles. The first-order valence-corrected chi connectivity index (χ1v) is 10.6. The van der Waals surface area contributed by atoms with Crippen LogP contribution < -0.4 is 22.1 Å². The van der Waals surface area contributed by atoms with Crippen LogP contribution >= 0.6 is 0 Å². The molecule has 34 heavy (non-hydrogen) atoms. The summed E-state index contributed by atoms with van der Waals surface area (Å²) in [5.41, 5.74) is 15.1. The number of nitrogen functional groups attached to an aromatic ring is 1. The lowest BCUT2D eigenvalue weighted by Gasteiger charge is -2.15. The quantitative estimate of drug-likeness (QED) is 0.404. The Bertz CT molecular complexity index is 1240. The highest BCUT2D eigenvalue weighted by Crippen LogP contribution is 2.26. The minimum atomic E-state index is -0.597. The molecule has 0 fully saturated rings. The second-order valence-electron chi connectivity index (χ2n) is 8.70. The van der Waals surface area contributed by atoms with Crippen LogP contribution in [-0.2, 0) is 0 Å². The number of hydrogen-bond donors (Lipinski definition) is 4. The van der Waals surface area contributed by atoms with Crippen LogP contribution in [0.2, 0.25) is 0 Å². The molecular formula is C25H28FN7O. The number of urea groups is 1. The molecule has 0 radical (unpaired) electrons. The highest BCUT2D eigenvalue weighted by molar-refractivity contribution is 6.19. The third-order valence-corrected chi connectivity index (χ3v) is 4.66. The van der Waals surface area contributed by atoms with Crippen molar-refractivity contribution in [1.29, 1.82) is 0 Å². The monoisotopic (exact) mass is 461 g/mol. The summed E-state index contributed by atoms with van der Waals surface area (Å²) in [5, 5.41) is 5.23. The van der Waals surface area contributed by atoms with E-state index in [1.54, 1.807) is 30.5 Å². The number of hydrogen-bond acceptors (Lipinski definition) is 6. The minimum Gasteiger partial charge on any atom is -0.396 e. The molecule has 3 rings (SSSR count). The molecule has 0 atom stereocenters. The molecule has 0 unspecified atom stereocenters. The first-order chi connectivity index (χ1) is 16.0. The van der Waals surface area contributed by atoms with Crippen LogP contribution in [0, 0.1) is 12.7 Å². The van der Waals surface area contributed by atoms with Gasteiger partial charge in [0.15, 0.2) is 0 Å². The van der Waals surface area contributed by atoms with Crippen molar-refractivity contribution in [1.82, 2.24) is 9.97 Å². The summed E-state index contributed by atoms with van der Waals surface area (Å²) in [4.78, 5) is 25.1. The number of amides is 2. The molecule has 8 nitrogen and oxygen atoms in total. The maximum absolute atomic E-state index is 14.6. The van der Waals surface area contributed by atoms with E-state index in [4.69, 9.17) is 11.5 Å². The van der Waals surface area contributed by atoms with Crippen LogP contribution in [0.15, 0.2) is 59.7 Å². The maximum atomic E-state index is 14.6. The number of allylic oxidation sites excluding steroid dienone is 1. The van der Waals surface area contributed by atoms with Gasteiger partial charge in [0.1, 0.15) is 5.82 Å². The van der Waals surface area contributed by atoms with Gasteiger partial charge in [0.25, 0.3) is 0 Å². The third-order valence-electron chi connectivity index (χ3n) is 4.66. The van der Waals surface area contributed by atoms with Crippen molar-refractivity contribution in [2.45, 2.75) is 33.2 Å². The second kappa shape index (κ2) is 10.1. The second-order valence-corrected chi connectivity index (χ2v) is 8.70. The maximum Gasteiger partial charge on any atom is 0.323 e. The summed E-state index contributed by atoms with van der Waals surface area (Å²) < 4.78 is 14.6. The minimum absolute atomic E-state index is 0.0150. The van der Waals surface area contributed by atoms with Crippen LogP contribution in [-0.4, -0.2) is 27.8 Å². The molecule has 0 bridgehead atoms. The number of rotatable bonds is 5. The zero-order valence-electron chi connectivity index (χ0n) is 19.6. The van der Waals surface area contributed by atoms with Gasteiger partial charge in [-0.25, -0.2) is 19.2 Å². The number of nitrogens with two attached hydrogens (primary N) is 2. The first kappa shape index (κ1) is 24.4. The summed E-state index contributed by atoms with van der Waals surface area (Å²) in [7, 11) is 0. The molecule has 176 valence electrons. The predicted octanol–water partition coefficient (Wildman–Crippen LogP) is 4.85. The van der Waals surface area contributed by atoms with Gasteiger partial charge in [0.2, 0.25) is 5.95 Å².